The maximum atomic E-state index is 12.7. The van der Waals surface area contributed by atoms with Gasteiger partial charge in [0.25, 0.3) is 0 Å². The first-order chi connectivity index (χ1) is 26.6. The second-order valence-corrected chi connectivity index (χ2v) is 18.2. The van der Waals surface area contributed by atoms with Gasteiger partial charge in [-0.1, -0.05) is 217 Å². The maximum absolute atomic E-state index is 12.7. The Morgan fingerprint density at radius 1 is 0.607 bits per heavy atom. The minimum absolute atomic E-state index is 0.0212. The van der Waals surface area contributed by atoms with Gasteiger partial charge in [0, 0.05) is 12.8 Å². The van der Waals surface area contributed by atoms with Gasteiger partial charge in [-0.2, -0.15) is 0 Å². The zero-order valence-electron chi connectivity index (χ0n) is 38.0. The first-order valence-corrected chi connectivity index (χ1v) is 22.3. The Hall–Kier alpha value is -3.39. The summed E-state index contributed by atoms with van der Waals surface area (Å²) in [6, 6.07) is 0. The number of hydrogen-bond acceptors (Lipinski definition) is 2. The molecule has 2 nitrogen and oxygen atoms in total. The Bertz CT molecular complexity index is 1560. The molecule has 0 aliphatic heterocycles. The van der Waals surface area contributed by atoms with Crippen LogP contribution < -0.4 is 0 Å². The van der Waals surface area contributed by atoms with Crippen LogP contribution >= 0.6 is 0 Å². The summed E-state index contributed by atoms with van der Waals surface area (Å²) in [6.45, 7) is 24.6. The average molecular weight is 763 g/mol. The fourth-order valence-corrected chi connectivity index (χ4v) is 8.19. The van der Waals surface area contributed by atoms with E-state index in [-0.39, 0.29) is 22.9 Å². The first kappa shape index (κ1) is 48.8. The lowest BCUT2D eigenvalue weighted by Crippen LogP contribution is -2.31. The number of carbonyl (C=O) groups is 1. The Morgan fingerprint density at radius 2 is 1.05 bits per heavy atom. The minimum Gasteiger partial charge on any atom is -0.462 e. The van der Waals surface area contributed by atoms with E-state index in [4.69, 9.17) is 4.74 Å². The first-order valence-electron chi connectivity index (χ1n) is 22.3. The molecule has 2 rings (SSSR count). The molecule has 0 amide bonds. The molecule has 310 valence electrons. The summed E-state index contributed by atoms with van der Waals surface area (Å²) in [5.74, 6) is -0.0212. The number of esters is 1. The zero-order chi connectivity index (χ0) is 41.4. The van der Waals surface area contributed by atoms with Crippen molar-refractivity contribution in [3.63, 3.8) is 0 Å². The number of carbonyl (C=O) groups excluding carboxylic acids is 1. The van der Waals surface area contributed by atoms with E-state index in [9.17, 15) is 4.79 Å². The molecule has 56 heavy (non-hydrogen) atoms. The van der Waals surface area contributed by atoms with Crippen LogP contribution in [0, 0.1) is 10.8 Å². The van der Waals surface area contributed by atoms with Crippen LogP contribution in [0.4, 0.5) is 0 Å². The summed E-state index contributed by atoms with van der Waals surface area (Å²) >= 11 is 0. The van der Waals surface area contributed by atoms with Crippen molar-refractivity contribution in [3.05, 3.63) is 130 Å². The fraction of sp³-hybridized carbons (Fsp3) is 0.574. The molecule has 0 radical (unpaired) electrons. The Morgan fingerprint density at radius 3 is 1.54 bits per heavy atom. The van der Waals surface area contributed by atoms with Crippen molar-refractivity contribution in [2.24, 2.45) is 10.8 Å². The van der Waals surface area contributed by atoms with E-state index in [0.29, 0.717) is 6.42 Å². The van der Waals surface area contributed by atoms with E-state index in [1.54, 1.807) is 5.57 Å². The standard InChI is InChI=1S/C54H82O2/c1-12-13-14-15-16-17-18-19-20-21-22-35-52(55)56-49-41-48(7)51(54(10,11)42-49)39-37-46(5)33-26-31-44(3)29-24-23-28-43(2)30-25-32-45(4)36-38-50-47(6)34-27-40-53(50,8)9/h23-26,28-33,36-39,49H,12-22,27,34-35,40-42H2,1-11H3/b24-23+,30-25+,31-26+,38-36+,39-37+,43-28+,44-29+,45-32+,46-33+/t49-/m1/s1. The third kappa shape index (κ3) is 20.2. The molecule has 1 atom stereocenters. The lowest BCUT2D eigenvalue weighted by atomic mass is 9.71. The van der Waals surface area contributed by atoms with Gasteiger partial charge in [-0.15, -0.1) is 0 Å². The quantitative estimate of drug-likeness (QED) is 0.0589. The van der Waals surface area contributed by atoms with E-state index in [1.165, 1.54) is 116 Å². The molecule has 0 unspecified atom stereocenters. The van der Waals surface area contributed by atoms with Gasteiger partial charge < -0.3 is 4.74 Å². The summed E-state index contributed by atoms with van der Waals surface area (Å²) in [5, 5.41) is 0. The van der Waals surface area contributed by atoms with E-state index in [1.807, 2.05) is 0 Å². The molecular formula is C54H82O2. The van der Waals surface area contributed by atoms with Gasteiger partial charge in [-0.05, 0) is 95.6 Å². The van der Waals surface area contributed by atoms with Crippen molar-refractivity contribution in [2.75, 3.05) is 0 Å². The van der Waals surface area contributed by atoms with Gasteiger partial charge in [0.05, 0.1) is 0 Å². The van der Waals surface area contributed by atoms with Crippen molar-refractivity contribution >= 4 is 5.97 Å². The highest BCUT2D eigenvalue weighted by Gasteiger charge is 2.34. The number of ether oxygens (including phenoxy) is 1. The van der Waals surface area contributed by atoms with Gasteiger partial charge in [0.1, 0.15) is 6.10 Å². The van der Waals surface area contributed by atoms with Crippen molar-refractivity contribution in [2.45, 2.75) is 191 Å². The average Bonchev–Trinajstić information content (AvgIpc) is 3.11. The summed E-state index contributed by atoms with van der Waals surface area (Å²) in [5.41, 5.74) is 10.8. The molecule has 0 spiro atoms. The van der Waals surface area contributed by atoms with Gasteiger partial charge in [0.2, 0.25) is 0 Å². The Kier molecular flexibility index (Phi) is 23.1. The lowest BCUT2D eigenvalue weighted by molar-refractivity contribution is -0.150. The highest BCUT2D eigenvalue weighted by molar-refractivity contribution is 5.69. The van der Waals surface area contributed by atoms with E-state index in [2.05, 4.69) is 161 Å². The number of allylic oxidation sites excluding steroid dienone is 21. The molecule has 0 fully saturated rings. The topological polar surface area (TPSA) is 26.3 Å². The van der Waals surface area contributed by atoms with Crippen LogP contribution in [0.2, 0.25) is 0 Å². The summed E-state index contributed by atoms with van der Waals surface area (Å²) in [4.78, 5) is 12.7. The molecular weight excluding hydrogens is 681 g/mol. The van der Waals surface area contributed by atoms with Gasteiger partial charge >= 0.3 is 5.97 Å². The molecule has 0 N–H and O–H groups in total. The second kappa shape index (κ2) is 26.5. The predicted octanol–water partition coefficient (Wildman–Crippen LogP) is 16.8. The molecule has 2 heteroatoms. The van der Waals surface area contributed by atoms with Crippen LogP contribution in [0.25, 0.3) is 0 Å². The lowest BCUT2D eigenvalue weighted by Gasteiger charge is -2.37. The third-order valence-electron chi connectivity index (χ3n) is 11.6. The molecule has 2 aliphatic rings. The zero-order valence-corrected chi connectivity index (χ0v) is 38.0. The summed E-state index contributed by atoms with van der Waals surface area (Å²) < 4.78 is 6.00. The molecule has 0 bridgehead atoms. The van der Waals surface area contributed by atoms with Crippen LogP contribution in [-0.4, -0.2) is 12.1 Å². The van der Waals surface area contributed by atoms with Crippen LogP contribution in [0.15, 0.2) is 130 Å². The van der Waals surface area contributed by atoms with Crippen LogP contribution in [0.1, 0.15) is 185 Å². The van der Waals surface area contributed by atoms with Crippen molar-refractivity contribution < 1.29 is 9.53 Å². The SMILES string of the molecule is CCCCCCCCCCCCCC(=O)O[C@@H]1CC(C)=C(/C=C/C(C)=C/C=C/C(C)=C/C=C/C=C(C)/C=C/C=C(C)/C=C/C2=C(C)CCCC2(C)C)C(C)(C)C1. The highest BCUT2D eigenvalue weighted by atomic mass is 16.5. The molecule has 0 aromatic heterocycles. The predicted molar refractivity (Wildman–Crippen MR) is 248 cm³/mol. The van der Waals surface area contributed by atoms with Crippen LogP contribution in [-0.2, 0) is 9.53 Å². The Labute approximate surface area is 346 Å². The molecule has 0 heterocycles. The van der Waals surface area contributed by atoms with Crippen LogP contribution in [0.5, 0.6) is 0 Å². The van der Waals surface area contributed by atoms with Gasteiger partial charge in [-0.25, -0.2) is 0 Å². The summed E-state index contributed by atoms with van der Waals surface area (Å²) in [6.07, 6.45) is 50.7. The van der Waals surface area contributed by atoms with E-state index < -0.39 is 0 Å². The smallest absolute Gasteiger partial charge is 0.306 e. The molecule has 0 saturated heterocycles. The fourth-order valence-electron chi connectivity index (χ4n) is 8.19. The molecule has 2 aliphatic carbocycles. The van der Waals surface area contributed by atoms with Gasteiger partial charge in [-0.3, -0.25) is 4.79 Å². The number of unbranched alkanes of at least 4 members (excludes halogenated alkanes) is 10. The van der Waals surface area contributed by atoms with Crippen LogP contribution in [0.3, 0.4) is 0 Å². The van der Waals surface area contributed by atoms with Crippen molar-refractivity contribution in [1.82, 2.24) is 0 Å². The van der Waals surface area contributed by atoms with Crippen molar-refractivity contribution in [3.8, 4) is 0 Å². The monoisotopic (exact) mass is 763 g/mol. The Balaban J connectivity index is 1.79. The number of hydrogen-bond donors (Lipinski definition) is 0. The molecule has 0 aromatic rings. The largest absolute Gasteiger partial charge is 0.462 e. The van der Waals surface area contributed by atoms with E-state index >= 15 is 0 Å². The molecule has 0 saturated carbocycles. The summed E-state index contributed by atoms with van der Waals surface area (Å²) in [7, 11) is 0. The second-order valence-electron chi connectivity index (χ2n) is 18.2. The molecule has 0 aromatic carbocycles. The minimum atomic E-state index is -0.0407. The van der Waals surface area contributed by atoms with Gasteiger partial charge in [0.15, 0.2) is 0 Å². The van der Waals surface area contributed by atoms with E-state index in [0.717, 1.165) is 25.7 Å². The van der Waals surface area contributed by atoms with Crippen molar-refractivity contribution in [1.29, 1.82) is 0 Å². The number of rotatable bonds is 23. The third-order valence-corrected chi connectivity index (χ3v) is 11.6. The highest BCUT2D eigenvalue weighted by Crippen LogP contribution is 2.43. The maximum Gasteiger partial charge on any atom is 0.306 e. The normalized spacial score (nSPS) is 20.3.